The molecule has 0 fully saturated rings. The molecule has 2 N–H and O–H groups in total. The average molecular weight is 400 g/mol. The van der Waals surface area contributed by atoms with Gasteiger partial charge in [-0.25, -0.2) is 4.98 Å². The van der Waals surface area contributed by atoms with E-state index in [0.717, 1.165) is 41.8 Å². The molecule has 0 bridgehead atoms. The summed E-state index contributed by atoms with van der Waals surface area (Å²) in [7, 11) is 5.74. The Kier molecular flexibility index (Phi) is 9.08. The zero-order valence-corrected chi connectivity index (χ0v) is 18.2. The van der Waals surface area contributed by atoms with E-state index >= 15 is 0 Å². The molecule has 0 saturated carbocycles. The molecular weight excluding hydrogens is 366 g/mol. The van der Waals surface area contributed by atoms with Gasteiger partial charge in [0, 0.05) is 40.4 Å². The lowest BCUT2D eigenvalue weighted by atomic mass is 10.1. The molecule has 0 amide bonds. The van der Waals surface area contributed by atoms with Crippen molar-refractivity contribution in [3.05, 3.63) is 47.7 Å². The minimum Gasteiger partial charge on any atom is -0.490 e. The molecule has 0 spiro atoms. The van der Waals surface area contributed by atoms with Crippen LogP contribution in [0.15, 0.2) is 41.5 Å². The Morgan fingerprint density at radius 1 is 1.00 bits per heavy atom. The number of hydrogen-bond donors (Lipinski definition) is 2. The van der Waals surface area contributed by atoms with Crippen LogP contribution in [0, 0.1) is 0 Å². The number of nitrogens with zero attached hydrogens (tertiary/aromatic N) is 3. The summed E-state index contributed by atoms with van der Waals surface area (Å²) in [6.45, 7) is 6.63. The lowest BCUT2D eigenvalue weighted by Crippen LogP contribution is -2.37. The Balaban J connectivity index is 1.86. The number of aliphatic imine (C=N–C) groups is 1. The molecule has 1 aromatic carbocycles. The van der Waals surface area contributed by atoms with Gasteiger partial charge in [0.1, 0.15) is 5.82 Å². The Bertz CT molecular complexity index is 793. The van der Waals surface area contributed by atoms with Gasteiger partial charge in [0.2, 0.25) is 0 Å². The fourth-order valence-corrected chi connectivity index (χ4v) is 2.80. The smallest absolute Gasteiger partial charge is 0.191 e. The van der Waals surface area contributed by atoms with Gasteiger partial charge in [-0.2, -0.15) is 0 Å². The first-order valence-corrected chi connectivity index (χ1v) is 10.0. The highest BCUT2D eigenvalue weighted by Crippen LogP contribution is 2.28. The van der Waals surface area contributed by atoms with Gasteiger partial charge in [0.25, 0.3) is 0 Å². The molecule has 1 aromatic heterocycles. The van der Waals surface area contributed by atoms with E-state index < -0.39 is 0 Å². The molecule has 0 unspecified atom stereocenters. The molecular formula is C22H33N5O2. The second-order valence-electron chi connectivity index (χ2n) is 6.67. The van der Waals surface area contributed by atoms with E-state index in [-0.39, 0.29) is 0 Å². The van der Waals surface area contributed by atoms with Gasteiger partial charge in [-0.1, -0.05) is 6.07 Å². The van der Waals surface area contributed by atoms with Crippen molar-refractivity contribution >= 4 is 11.8 Å². The standard InChI is InChI=1S/C22H33N5O2/c1-6-28-19-9-8-17(14-20(19)29-7-2)10-13-25-22(23-3)26-16-18-11-12-24-21(15-18)27(4)5/h8-9,11-12,14-15H,6-7,10,13,16H2,1-5H3,(H2,23,25,26). The normalized spacial score (nSPS) is 11.1. The molecule has 1 heterocycles. The van der Waals surface area contributed by atoms with Crippen LogP contribution in [-0.2, 0) is 13.0 Å². The van der Waals surface area contributed by atoms with Crippen molar-refractivity contribution in [3.63, 3.8) is 0 Å². The van der Waals surface area contributed by atoms with Crippen LogP contribution < -0.4 is 25.0 Å². The maximum absolute atomic E-state index is 5.70. The van der Waals surface area contributed by atoms with Gasteiger partial charge < -0.3 is 25.0 Å². The van der Waals surface area contributed by atoms with Crippen LogP contribution in [0.25, 0.3) is 0 Å². The van der Waals surface area contributed by atoms with Crippen molar-refractivity contribution in [2.45, 2.75) is 26.8 Å². The van der Waals surface area contributed by atoms with Crippen LogP contribution in [0.1, 0.15) is 25.0 Å². The zero-order valence-electron chi connectivity index (χ0n) is 18.2. The molecule has 7 heteroatoms. The first-order chi connectivity index (χ1) is 14.1. The van der Waals surface area contributed by atoms with Gasteiger partial charge >= 0.3 is 0 Å². The second-order valence-corrected chi connectivity index (χ2v) is 6.67. The van der Waals surface area contributed by atoms with E-state index in [1.807, 2.05) is 57.2 Å². The van der Waals surface area contributed by atoms with E-state index in [1.165, 1.54) is 5.56 Å². The number of rotatable bonds is 10. The van der Waals surface area contributed by atoms with Gasteiger partial charge in [-0.05, 0) is 55.7 Å². The highest BCUT2D eigenvalue weighted by atomic mass is 16.5. The lowest BCUT2D eigenvalue weighted by molar-refractivity contribution is 0.287. The fraction of sp³-hybridized carbons (Fsp3) is 0.455. The number of pyridine rings is 1. The van der Waals surface area contributed by atoms with Crippen LogP contribution >= 0.6 is 0 Å². The molecule has 0 aliphatic rings. The Morgan fingerprint density at radius 2 is 1.76 bits per heavy atom. The summed E-state index contributed by atoms with van der Waals surface area (Å²) in [5, 5.41) is 6.70. The van der Waals surface area contributed by atoms with Crippen molar-refractivity contribution in [1.29, 1.82) is 0 Å². The van der Waals surface area contributed by atoms with E-state index in [4.69, 9.17) is 9.47 Å². The van der Waals surface area contributed by atoms with Crippen LogP contribution in [0.5, 0.6) is 11.5 Å². The summed E-state index contributed by atoms with van der Waals surface area (Å²) >= 11 is 0. The highest BCUT2D eigenvalue weighted by molar-refractivity contribution is 5.79. The molecule has 0 radical (unpaired) electrons. The highest BCUT2D eigenvalue weighted by Gasteiger charge is 2.07. The van der Waals surface area contributed by atoms with E-state index in [1.54, 1.807) is 7.05 Å². The molecule has 0 saturated heterocycles. The molecule has 0 aliphatic heterocycles. The van der Waals surface area contributed by atoms with Crippen molar-refractivity contribution < 1.29 is 9.47 Å². The predicted molar refractivity (Wildman–Crippen MR) is 119 cm³/mol. The number of aromatic nitrogens is 1. The third kappa shape index (κ3) is 7.18. The topological polar surface area (TPSA) is 71.0 Å². The largest absolute Gasteiger partial charge is 0.490 e. The summed E-state index contributed by atoms with van der Waals surface area (Å²) in [6.07, 6.45) is 2.68. The fourth-order valence-electron chi connectivity index (χ4n) is 2.80. The van der Waals surface area contributed by atoms with Crippen LogP contribution in [-0.4, -0.2) is 51.8 Å². The molecule has 0 aliphatic carbocycles. The maximum Gasteiger partial charge on any atom is 0.191 e. The van der Waals surface area contributed by atoms with Crippen LogP contribution in [0.4, 0.5) is 5.82 Å². The summed E-state index contributed by atoms with van der Waals surface area (Å²) in [5.74, 6) is 3.29. The number of guanidine groups is 1. The van der Waals surface area contributed by atoms with Gasteiger partial charge in [-0.3, -0.25) is 4.99 Å². The van der Waals surface area contributed by atoms with Crippen molar-refractivity contribution in [2.24, 2.45) is 4.99 Å². The van der Waals surface area contributed by atoms with Gasteiger partial charge in [0.05, 0.1) is 13.2 Å². The third-order valence-corrected chi connectivity index (χ3v) is 4.27. The monoisotopic (exact) mass is 399 g/mol. The number of benzene rings is 1. The minimum atomic E-state index is 0.614. The molecule has 158 valence electrons. The number of nitrogens with one attached hydrogen (secondary N) is 2. The summed E-state index contributed by atoms with van der Waals surface area (Å²) in [4.78, 5) is 10.6. The Morgan fingerprint density at radius 3 is 2.45 bits per heavy atom. The van der Waals surface area contributed by atoms with E-state index in [2.05, 4.69) is 32.7 Å². The number of anilines is 1. The first-order valence-electron chi connectivity index (χ1n) is 10.0. The Labute approximate surface area is 174 Å². The van der Waals surface area contributed by atoms with Crippen molar-refractivity contribution in [3.8, 4) is 11.5 Å². The molecule has 2 rings (SSSR count). The third-order valence-electron chi connectivity index (χ3n) is 4.27. The maximum atomic E-state index is 5.70. The molecule has 0 atom stereocenters. The van der Waals surface area contributed by atoms with Crippen molar-refractivity contribution in [1.82, 2.24) is 15.6 Å². The zero-order chi connectivity index (χ0) is 21.1. The van der Waals surface area contributed by atoms with Gasteiger partial charge in [0.15, 0.2) is 17.5 Å². The molecule has 29 heavy (non-hydrogen) atoms. The number of hydrogen-bond acceptors (Lipinski definition) is 5. The van der Waals surface area contributed by atoms with E-state index in [9.17, 15) is 0 Å². The average Bonchev–Trinajstić information content (AvgIpc) is 2.72. The molecule has 7 nitrogen and oxygen atoms in total. The van der Waals surface area contributed by atoms with E-state index in [0.29, 0.717) is 19.8 Å². The van der Waals surface area contributed by atoms with Gasteiger partial charge in [-0.15, -0.1) is 0 Å². The quantitative estimate of drug-likeness (QED) is 0.473. The summed E-state index contributed by atoms with van der Waals surface area (Å²) in [6, 6.07) is 10.2. The van der Waals surface area contributed by atoms with Crippen molar-refractivity contribution in [2.75, 3.05) is 45.8 Å². The minimum absolute atomic E-state index is 0.614. The first kappa shape index (κ1) is 22.3. The molecule has 2 aromatic rings. The lowest BCUT2D eigenvalue weighted by Gasteiger charge is -2.15. The Hall–Kier alpha value is -2.96. The van der Waals surface area contributed by atoms with Crippen LogP contribution in [0.3, 0.4) is 0 Å². The number of ether oxygens (including phenoxy) is 2. The van der Waals surface area contributed by atoms with Crippen LogP contribution in [0.2, 0.25) is 0 Å². The predicted octanol–water partition coefficient (Wildman–Crippen LogP) is 2.85. The summed E-state index contributed by atoms with van der Waals surface area (Å²) < 4.78 is 11.3. The SMILES string of the molecule is CCOc1ccc(CCNC(=NC)NCc2ccnc(N(C)C)c2)cc1OCC. The second kappa shape index (κ2) is 11.8. The summed E-state index contributed by atoms with van der Waals surface area (Å²) in [5.41, 5.74) is 2.34.